The van der Waals surface area contributed by atoms with Gasteiger partial charge < -0.3 is 15.1 Å². The van der Waals surface area contributed by atoms with Gasteiger partial charge in [-0.3, -0.25) is 9.59 Å². The Balaban J connectivity index is 1.66. The van der Waals surface area contributed by atoms with Gasteiger partial charge >= 0.3 is 5.97 Å². The molecule has 1 aliphatic rings. The molecule has 8 heteroatoms. The summed E-state index contributed by atoms with van der Waals surface area (Å²) in [4.78, 5) is 31.2. The Morgan fingerprint density at radius 3 is 2.72 bits per heavy atom. The number of aromatic nitrogens is 3. The molecule has 4 rings (SSSR count). The third kappa shape index (κ3) is 3.36. The molecular formula is C21H22N4O4. The molecule has 0 saturated carbocycles. The van der Waals surface area contributed by atoms with Crippen molar-refractivity contribution in [1.82, 2.24) is 19.5 Å². The summed E-state index contributed by atoms with van der Waals surface area (Å²) in [6, 6.07) is 9.17. The van der Waals surface area contributed by atoms with E-state index in [0.29, 0.717) is 11.2 Å². The molecule has 0 radical (unpaired) electrons. The second-order valence-electron chi connectivity index (χ2n) is 7.61. The highest BCUT2D eigenvalue weighted by molar-refractivity contribution is 6.00. The lowest BCUT2D eigenvalue weighted by atomic mass is 9.72. The first kappa shape index (κ1) is 19.1. The quantitative estimate of drug-likeness (QED) is 0.695. The van der Waals surface area contributed by atoms with Crippen molar-refractivity contribution >= 4 is 17.5 Å². The number of carboxylic acids is 1. The van der Waals surface area contributed by atoms with Crippen molar-refractivity contribution in [3.8, 4) is 0 Å². The molecule has 8 nitrogen and oxygen atoms in total. The van der Waals surface area contributed by atoms with Crippen LogP contribution in [0.25, 0.3) is 5.65 Å². The number of aliphatic hydroxyl groups is 1. The molecule has 1 fully saturated rings. The monoisotopic (exact) mass is 394 g/mol. The highest BCUT2D eigenvalue weighted by atomic mass is 16.4. The molecule has 3 aromatic rings. The Kier molecular flexibility index (Phi) is 4.79. The summed E-state index contributed by atoms with van der Waals surface area (Å²) >= 11 is 0. The van der Waals surface area contributed by atoms with Crippen molar-refractivity contribution < 1.29 is 19.8 Å². The van der Waals surface area contributed by atoms with Gasteiger partial charge in [-0.15, -0.1) is 0 Å². The van der Waals surface area contributed by atoms with E-state index in [-0.39, 0.29) is 31.8 Å². The third-order valence-corrected chi connectivity index (χ3v) is 5.57. The number of benzene rings is 1. The average Bonchev–Trinajstić information content (AvgIpc) is 3.12. The zero-order valence-electron chi connectivity index (χ0n) is 16.0. The van der Waals surface area contributed by atoms with Gasteiger partial charge in [0, 0.05) is 25.5 Å². The molecule has 0 bridgehead atoms. The number of piperidine rings is 1. The molecule has 150 valence electrons. The molecule has 2 aromatic heterocycles. The fourth-order valence-electron chi connectivity index (χ4n) is 3.96. The van der Waals surface area contributed by atoms with E-state index < -0.39 is 17.5 Å². The van der Waals surface area contributed by atoms with Crippen molar-refractivity contribution in [2.45, 2.75) is 25.9 Å². The topological polar surface area (TPSA) is 108 Å². The lowest BCUT2D eigenvalue weighted by Gasteiger charge is -2.43. The first-order chi connectivity index (χ1) is 13.9. The second-order valence-corrected chi connectivity index (χ2v) is 7.61. The van der Waals surface area contributed by atoms with E-state index in [0.717, 1.165) is 11.1 Å². The standard InChI is InChI=1S/C21H22N4O4/c1-14-10-22-18-16(11-23-25(18)12-14)19(27)24-8-7-17(26)21(13-24,20(28)29)9-15-5-3-2-4-6-15/h2-6,10-12,17,26H,7-9,13H2,1H3,(H,28,29)/t17-,21+/m0/s1. The van der Waals surface area contributed by atoms with Gasteiger partial charge in [0.1, 0.15) is 11.0 Å². The molecule has 29 heavy (non-hydrogen) atoms. The van der Waals surface area contributed by atoms with E-state index in [4.69, 9.17) is 0 Å². The van der Waals surface area contributed by atoms with Gasteiger partial charge in [0.2, 0.25) is 0 Å². The minimum atomic E-state index is -1.47. The largest absolute Gasteiger partial charge is 0.481 e. The van der Waals surface area contributed by atoms with Crippen LogP contribution in [0.2, 0.25) is 0 Å². The Hall–Kier alpha value is -3.26. The lowest BCUT2D eigenvalue weighted by molar-refractivity contribution is -0.161. The molecular weight excluding hydrogens is 372 g/mol. The first-order valence-corrected chi connectivity index (χ1v) is 9.45. The van der Waals surface area contributed by atoms with Crippen molar-refractivity contribution in [2.24, 2.45) is 5.41 Å². The highest BCUT2D eigenvalue weighted by Crippen LogP contribution is 2.35. The van der Waals surface area contributed by atoms with Crippen LogP contribution in [0.5, 0.6) is 0 Å². The van der Waals surface area contributed by atoms with Crippen molar-refractivity contribution in [3.63, 3.8) is 0 Å². The van der Waals surface area contributed by atoms with Gasteiger partial charge in [-0.05, 0) is 30.9 Å². The fraction of sp³-hybridized carbons (Fsp3) is 0.333. The summed E-state index contributed by atoms with van der Waals surface area (Å²) < 4.78 is 1.54. The smallest absolute Gasteiger partial charge is 0.314 e. The number of fused-ring (bicyclic) bond motifs is 1. The lowest BCUT2D eigenvalue weighted by Crippen LogP contribution is -2.58. The SMILES string of the molecule is Cc1cnc2c(C(=O)N3CC[C@H](O)[C@](Cc4ccccc4)(C(=O)O)C3)cnn2c1. The highest BCUT2D eigenvalue weighted by Gasteiger charge is 2.50. The van der Waals surface area contributed by atoms with Crippen LogP contribution in [-0.4, -0.2) is 60.8 Å². The number of amides is 1. The predicted octanol–water partition coefficient (Wildman–Crippen LogP) is 1.56. The van der Waals surface area contributed by atoms with E-state index in [1.807, 2.05) is 37.3 Å². The molecule has 1 aromatic carbocycles. The van der Waals surface area contributed by atoms with Crippen molar-refractivity contribution in [1.29, 1.82) is 0 Å². The molecule has 1 amide bonds. The molecule has 1 aliphatic heterocycles. The van der Waals surface area contributed by atoms with Crippen LogP contribution in [0.4, 0.5) is 0 Å². The number of hydrogen-bond donors (Lipinski definition) is 2. The van der Waals surface area contributed by atoms with Crippen LogP contribution < -0.4 is 0 Å². The number of likely N-dealkylation sites (tertiary alicyclic amines) is 1. The summed E-state index contributed by atoms with van der Waals surface area (Å²) in [6.45, 7) is 2.07. The molecule has 2 atom stereocenters. The van der Waals surface area contributed by atoms with Crippen LogP contribution in [0.1, 0.15) is 27.9 Å². The summed E-state index contributed by atoms with van der Waals surface area (Å²) in [5.41, 5.74) is 0.989. The van der Waals surface area contributed by atoms with E-state index in [9.17, 15) is 19.8 Å². The minimum Gasteiger partial charge on any atom is -0.481 e. The van der Waals surface area contributed by atoms with Gasteiger partial charge in [-0.2, -0.15) is 5.10 Å². The number of rotatable bonds is 4. The number of carboxylic acid groups (broad SMARTS) is 1. The Morgan fingerprint density at radius 2 is 2.00 bits per heavy atom. The Morgan fingerprint density at radius 1 is 1.24 bits per heavy atom. The van der Waals surface area contributed by atoms with E-state index in [2.05, 4.69) is 10.1 Å². The van der Waals surface area contributed by atoms with Crippen LogP contribution >= 0.6 is 0 Å². The average molecular weight is 394 g/mol. The zero-order chi connectivity index (χ0) is 20.6. The number of aryl methyl sites for hydroxylation is 1. The number of aliphatic carboxylic acids is 1. The number of aliphatic hydroxyl groups excluding tert-OH is 1. The van der Waals surface area contributed by atoms with Gasteiger partial charge in [0.25, 0.3) is 5.91 Å². The number of carbonyl (C=O) groups is 2. The maximum Gasteiger partial charge on any atom is 0.314 e. The van der Waals surface area contributed by atoms with Crippen LogP contribution in [0, 0.1) is 12.3 Å². The molecule has 0 spiro atoms. The third-order valence-electron chi connectivity index (χ3n) is 5.57. The van der Waals surface area contributed by atoms with E-state index in [1.165, 1.54) is 15.6 Å². The number of hydrogen-bond acceptors (Lipinski definition) is 5. The number of carbonyl (C=O) groups excluding carboxylic acids is 1. The summed E-state index contributed by atoms with van der Waals surface area (Å²) in [5, 5.41) is 24.9. The number of nitrogens with zero attached hydrogens (tertiary/aromatic N) is 4. The van der Waals surface area contributed by atoms with Crippen LogP contribution in [-0.2, 0) is 11.2 Å². The normalized spacial score (nSPS) is 22.0. The van der Waals surface area contributed by atoms with Crippen molar-refractivity contribution in [3.05, 3.63) is 65.6 Å². The van der Waals surface area contributed by atoms with Crippen molar-refractivity contribution in [2.75, 3.05) is 13.1 Å². The van der Waals surface area contributed by atoms with Gasteiger partial charge in [-0.1, -0.05) is 30.3 Å². The minimum absolute atomic E-state index is 0.0829. The van der Waals surface area contributed by atoms with Gasteiger partial charge in [0.15, 0.2) is 5.65 Å². The molecule has 0 aliphatic carbocycles. The van der Waals surface area contributed by atoms with E-state index in [1.54, 1.807) is 12.4 Å². The maximum absolute atomic E-state index is 13.2. The second kappa shape index (κ2) is 7.29. The molecule has 0 unspecified atom stereocenters. The van der Waals surface area contributed by atoms with Crippen LogP contribution in [0.15, 0.2) is 48.9 Å². The first-order valence-electron chi connectivity index (χ1n) is 9.45. The summed E-state index contributed by atoms with van der Waals surface area (Å²) in [7, 11) is 0. The predicted molar refractivity (Wildman–Crippen MR) is 104 cm³/mol. The molecule has 1 saturated heterocycles. The maximum atomic E-state index is 13.2. The fourth-order valence-corrected chi connectivity index (χ4v) is 3.96. The summed E-state index contributed by atoms with van der Waals surface area (Å²) in [6.07, 6.45) is 4.17. The zero-order valence-corrected chi connectivity index (χ0v) is 16.0. The van der Waals surface area contributed by atoms with Gasteiger partial charge in [-0.25, -0.2) is 9.50 Å². The Bertz CT molecular complexity index is 1060. The van der Waals surface area contributed by atoms with Gasteiger partial charge in [0.05, 0.1) is 12.3 Å². The summed E-state index contributed by atoms with van der Waals surface area (Å²) in [5.74, 6) is -1.44. The Labute approximate surface area is 167 Å². The van der Waals surface area contributed by atoms with E-state index >= 15 is 0 Å². The molecule has 3 heterocycles. The molecule has 2 N–H and O–H groups in total. The van der Waals surface area contributed by atoms with Crippen LogP contribution in [0.3, 0.4) is 0 Å².